The van der Waals surface area contributed by atoms with E-state index in [9.17, 15) is 25.0 Å². The molecular formula is C22H17ClN4O6. The summed E-state index contributed by atoms with van der Waals surface area (Å²) in [6.45, 7) is 2.16. The lowest BCUT2D eigenvalue weighted by atomic mass is 10.1. The topological polar surface area (TPSA) is 151 Å². The predicted molar refractivity (Wildman–Crippen MR) is 121 cm³/mol. The minimum Gasteiger partial charge on any atom is -0.490 e. The van der Waals surface area contributed by atoms with E-state index in [1.165, 1.54) is 18.2 Å². The number of hydrogen-bond donors (Lipinski definition) is 2. The van der Waals surface area contributed by atoms with Crippen LogP contribution in [0.3, 0.4) is 0 Å². The van der Waals surface area contributed by atoms with Crippen LogP contribution >= 0.6 is 11.6 Å². The van der Waals surface area contributed by atoms with Crippen molar-refractivity contribution in [3.63, 3.8) is 0 Å². The Hall–Kier alpha value is -4.36. The van der Waals surface area contributed by atoms with Crippen LogP contribution in [0.15, 0.2) is 46.0 Å². The van der Waals surface area contributed by atoms with Gasteiger partial charge in [-0.1, -0.05) is 35.9 Å². The highest BCUT2D eigenvalue weighted by Gasteiger charge is 2.19. The average Bonchev–Trinajstić information content (AvgIpc) is 2.76. The number of benzene rings is 2. The van der Waals surface area contributed by atoms with Crippen LogP contribution < -0.4 is 20.7 Å². The molecule has 11 heteroatoms. The zero-order valence-electron chi connectivity index (χ0n) is 17.3. The summed E-state index contributed by atoms with van der Waals surface area (Å²) < 4.78 is 11.5. The Morgan fingerprint density at radius 1 is 1.18 bits per heavy atom. The van der Waals surface area contributed by atoms with Crippen LogP contribution in [0, 0.1) is 21.4 Å². The lowest BCUT2D eigenvalue weighted by Gasteiger charge is -2.15. The van der Waals surface area contributed by atoms with Gasteiger partial charge in [-0.3, -0.25) is 19.9 Å². The van der Waals surface area contributed by atoms with E-state index in [1.807, 2.05) is 4.98 Å². The summed E-state index contributed by atoms with van der Waals surface area (Å²) in [7, 11) is 0. The molecule has 2 N–H and O–H groups in total. The van der Waals surface area contributed by atoms with Crippen LogP contribution in [-0.4, -0.2) is 21.5 Å². The van der Waals surface area contributed by atoms with E-state index in [-0.39, 0.29) is 23.1 Å². The van der Waals surface area contributed by atoms with Gasteiger partial charge in [0.1, 0.15) is 12.3 Å². The lowest BCUT2D eigenvalue weighted by molar-refractivity contribution is -0.386. The van der Waals surface area contributed by atoms with E-state index < -0.39 is 21.9 Å². The predicted octanol–water partition coefficient (Wildman–Crippen LogP) is 3.64. The molecule has 33 heavy (non-hydrogen) atoms. The number of nitrogens with one attached hydrogen (secondary N) is 2. The smallest absolute Gasteiger partial charge is 0.357 e. The van der Waals surface area contributed by atoms with Crippen molar-refractivity contribution in [2.24, 2.45) is 0 Å². The molecule has 2 aromatic carbocycles. The molecule has 0 unspecified atom stereocenters. The Labute approximate surface area is 191 Å². The van der Waals surface area contributed by atoms with Gasteiger partial charge in [0.2, 0.25) is 0 Å². The van der Waals surface area contributed by atoms with Crippen molar-refractivity contribution in [3.8, 4) is 17.6 Å². The molecule has 0 saturated heterocycles. The van der Waals surface area contributed by atoms with Crippen molar-refractivity contribution in [1.29, 1.82) is 5.26 Å². The Morgan fingerprint density at radius 2 is 1.94 bits per heavy atom. The Kier molecular flexibility index (Phi) is 7.27. The summed E-state index contributed by atoms with van der Waals surface area (Å²) in [5.74, 6) is 0.576. The number of hydrogen-bond acceptors (Lipinski definition) is 7. The number of nitrogens with zero attached hydrogens (tertiary/aromatic N) is 2. The molecule has 0 radical (unpaired) electrons. The number of nitro groups is 1. The van der Waals surface area contributed by atoms with E-state index >= 15 is 0 Å². The number of nitriles is 1. The third kappa shape index (κ3) is 5.47. The van der Waals surface area contributed by atoms with Crippen LogP contribution in [0.1, 0.15) is 29.3 Å². The molecule has 10 nitrogen and oxygen atoms in total. The van der Waals surface area contributed by atoms with Gasteiger partial charge in [-0.05, 0) is 36.8 Å². The molecule has 168 valence electrons. The van der Waals surface area contributed by atoms with Gasteiger partial charge in [0, 0.05) is 5.56 Å². The second kappa shape index (κ2) is 10.3. The third-order valence-corrected chi connectivity index (χ3v) is 4.69. The van der Waals surface area contributed by atoms with Gasteiger partial charge < -0.3 is 14.5 Å². The van der Waals surface area contributed by atoms with Crippen molar-refractivity contribution >= 4 is 29.4 Å². The van der Waals surface area contributed by atoms with Crippen molar-refractivity contribution < 1.29 is 14.4 Å². The standard InChI is InChI=1S/C22H17ClN4O6/c1-2-32-18-10-13(7-8-17-19(27(30)31)21(28)26-22(29)25-17)9-16(23)20(18)33-12-15-6-4-3-5-14(15)11-24/h3-10H,2,12H2,1H3,(H2,25,26,28,29). The van der Waals surface area contributed by atoms with E-state index in [1.54, 1.807) is 37.3 Å². The summed E-state index contributed by atoms with van der Waals surface area (Å²) in [4.78, 5) is 37.6. The maximum absolute atomic E-state index is 11.8. The largest absolute Gasteiger partial charge is 0.490 e. The van der Waals surface area contributed by atoms with Crippen LogP contribution in [-0.2, 0) is 6.61 Å². The van der Waals surface area contributed by atoms with E-state index in [0.717, 1.165) is 0 Å². The maximum Gasteiger partial charge on any atom is 0.357 e. The quantitative estimate of drug-likeness (QED) is 0.378. The van der Waals surface area contributed by atoms with Gasteiger partial charge in [0.25, 0.3) is 0 Å². The van der Waals surface area contributed by atoms with Crippen molar-refractivity contribution in [2.75, 3.05) is 6.61 Å². The molecule has 0 amide bonds. The van der Waals surface area contributed by atoms with Gasteiger partial charge in [-0.25, -0.2) is 4.79 Å². The first-order valence-corrected chi connectivity index (χ1v) is 9.98. The first-order chi connectivity index (χ1) is 15.8. The number of rotatable bonds is 8. The van der Waals surface area contributed by atoms with E-state index in [0.29, 0.717) is 29.0 Å². The summed E-state index contributed by atoms with van der Waals surface area (Å²) >= 11 is 6.40. The maximum atomic E-state index is 11.8. The van der Waals surface area contributed by atoms with Crippen molar-refractivity contribution in [2.45, 2.75) is 13.5 Å². The summed E-state index contributed by atoms with van der Waals surface area (Å²) in [6.07, 6.45) is 2.65. The first-order valence-electron chi connectivity index (χ1n) is 9.60. The lowest BCUT2D eigenvalue weighted by Crippen LogP contribution is -2.25. The fourth-order valence-corrected chi connectivity index (χ4v) is 3.24. The molecule has 1 heterocycles. The molecule has 0 bridgehead atoms. The van der Waals surface area contributed by atoms with E-state index in [2.05, 4.69) is 11.1 Å². The highest BCUT2D eigenvalue weighted by Crippen LogP contribution is 2.38. The molecule has 0 aliphatic rings. The van der Waals surface area contributed by atoms with Gasteiger partial charge in [0.05, 0.1) is 28.2 Å². The zero-order chi connectivity index (χ0) is 24.0. The molecule has 0 saturated carbocycles. The highest BCUT2D eigenvalue weighted by molar-refractivity contribution is 6.32. The summed E-state index contributed by atoms with van der Waals surface area (Å²) in [5.41, 5.74) is -1.43. The molecule has 0 aliphatic heterocycles. The molecular weight excluding hydrogens is 452 g/mol. The molecule has 3 aromatic rings. The first kappa shape index (κ1) is 23.3. The second-order valence-corrected chi connectivity index (χ2v) is 6.99. The van der Waals surface area contributed by atoms with Gasteiger partial charge in [-0.15, -0.1) is 0 Å². The van der Waals surface area contributed by atoms with Gasteiger partial charge >= 0.3 is 16.9 Å². The Balaban J connectivity index is 1.95. The Bertz CT molecular complexity index is 1390. The number of aromatic amines is 2. The summed E-state index contributed by atoms with van der Waals surface area (Å²) in [5, 5.41) is 20.6. The molecule has 1 aromatic heterocycles. The van der Waals surface area contributed by atoms with Crippen LogP contribution in [0.4, 0.5) is 5.69 Å². The van der Waals surface area contributed by atoms with E-state index in [4.69, 9.17) is 21.1 Å². The number of ether oxygens (including phenoxy) is 2. The van der Waals surface area contributed by atoms with Crippen LogP contribution in [0.2, 0.25) is 5.02 Å². The fraction of sp³-hybridized carbons (Fsp3) is 0.136. The molecule has 3 rings (SSSR count). The second-order valence-electron chi connectivity index (χ2n) is 6.58. The minimum atomic E-state index is -1.11. The third-order valence-electron chi connectivity index (χ3n) is 4.41. The average molecular weight is 469 g/mol. The van der Waals surface area contributed by atoms with Gasteiger partial charge in [-0.2, -0.15) is 5.26 Å². The number of H-pyrrole nitrogens is 2. The number of aromatic nitrogens is 2. The normalized spacial score (nSPS) is 10.7. The van der Waals surface area contributed by atoms with Crippen LogP contribution in [0.5, 0.6) is 11.5 Å². The molecule has 0 spiro atoms. The van der Waals surface area contributed by atoms with Crippen molar-refractivity contribution in [1.82, 2.24) is 9.97 Å². The Morgan fingerprint density at radius 3 is 2.64 bits per heavy atom. The summed E-state index contributed by atoms with van der Waals surface area (Å²) in [6, 6.07) is 12.2. The molecule has 0 aliphatic carbocycles. The van der Waals surface area contributed by atoms with Gasteiger partial charge in [0.15, 0.2) is 11.5 Å². The zero-order valence-corrected chi connectivity index (χ0v) is 18.0. The molecule has 0 fully saturated rings. The highest BCUT2D eigenvalue weighted by atomic mass is 35.5. The van der Waals surface area contributed by atoms with Crippen LogP contribution in [0.25, 0.3) is 12.2 Å². The van der Waals surface area contributed by atoms with Crippen molar-refractivity contribution in [3.05, 3.63) is 94.8 Å². The minimum absolute atomic E-state index is 0.0823. The molecule has 0 atom stereocenters. The monoisotopic (exact) mass is 468 g/mol. The SMILES string of the molecule is CCOc1cc(C=Cc2[nH]c(=O)[nH]c(=O)c2[N+](=O)[O-])cc(Cl)c1OCc1ccccc1C#N. The number of halogens is 1. The fourth-order valence-electron chi connectivity index (χ4n) is 2.97.